The smallest absolute Gasteiger partial charge is 0.230 e. The molecule has 100 valence electrons. The lowest BCUT2D eigenvalue weighted by Gasteiger charge is -2.18. The molecule has 0 spiro atoms. The van der Waals surface area contributed by atoms with Gasteiger partial charge in [0.1, 0.15) is 0 Å². The van der Waals surface area contributed by atoms with E-state index >= 15 is 0 Å². The van der Waals surface area contributed by atoms with Crippen LogP contribution in [0.15, 0.2) is 24.3 Å². The van der Waals surface area contributed by atoms with Crippen molar-refractivity contribution in [1.82, 2.24) is 0 Å². The van der Waals surface area contributed by atoms with Gasteiger partial charge in [0.25, 0.3) is 0 Å². The predicted molar refractivity (Wildman–Crippen MR) is 74.6 cm³/mol. The summed E-state index contributed by atoms with van der Waals surface area (Å²) in [4.78, 5) is 11.9. The Kier molecular flexibility index (Phi) is 5.35. The van der Waals surface area contributed by atoms with Crippen LogP contribution < -0.4 is 5.32 Å². The fourth-order valence-electron chi connectivity index (χ4n) is 1.78. The molecule has 0 saturated carbocycles. The number of amides is 1. The Labute approximate surface area is 109 Å². The molecule has 1 atom stereocenters. The minimum Gasteiger partial charge on any atom is -0.396 e. The summed E-state index contributed by atoms with van der Waals surface area (Å²) in [7, 11) is 0. The van der Waals surface area contributed by atoms with Crippen molar-refractivity contribution in [3.63, 3.8) is 0 Å². The van der Waals surface area contributed by atoms with Crippen molar-refractivity contribution in [2.24, 2.45) is 11.8 Å². The van der Waals surface area contributed by atoms with Crippen molar-refractivity contribution >= 4 is 11.6 Å². The van der Waals surface area contributed by atoms with Gasteiger partial charge in [-0.15, -0.1) is 0 Å². The number of carbonyl (C=O) groups is 1. The highest BCUT2D eigenvalue weighted by Gasteiger charge is 2.21. The summed E-state index contributed by atoms with van der Waals surface area (Å²) in [6.07, 6.45) is 0. The summed E-state index contributed by atoms with van der Waals surface area (Å²) in [6.45, 7) is 8.01. The molecule has 1 aromatic carbocycles. The van der Waals surface area contributed by atoms with Crippen LogP contribution in [0.3, 0.4) is 0 Å². The van der Waals surface area contributed by atoms with E-state index in [2.05, 4.69) is 19.2 Å². The molecule has 0 fully saturated rings. The minimum absolute atomic E-state index is 0.117. The highest BCUT2D eigenvalue weighted by atomic mass is 16.3. The Hall–Kier alpha value is -1.35. The van der Waals surface area contributed by atoms with Gasteiger partial charge >= 0.3 is 0 Å². The van der Waals surface area contributed by atoms with Gasteiger partial charge in [0.15, 0.2) is 0 Å². The maximum Gasteiger partial charge on any atom is 0.230 e. The third kappa shape index (κ3) is 3.84. The van der Waals surface area contributed by atoms with Gasteiger partial charge in [-0.2, -0.15) is 0 Å². The van der Waals surface area contributed by atoms with Crippen LogP contribution >= 0.6 is 0 Å². The molecule has 0 aromatic heterocycles. The second-order valence-electron chi connectivity index (χ2n) is 5.30. The molecular weight excluding hydrogens is 226 g/mol. The van der Waals surface area contributed by atoms with Crippen LogP contribution in [0.2, 0.25) is 0 Å². The molecule has 0 saturated heterocycles. The number of aliphatic hydroxyl groups is 1. The van der Waals surface area contributed by atoms with Crippen molar-refractivity contribution in [2.45, 2.75) is 33.6 Å². The first-order valence-corrected chi connectivity index (χ1v) is 6.47. The normalized spacial score (nSPS) is 12.8. The lowest BCUT2D eigenvalue weighted by Crippen LogP contribution is -2.29. The molecule has 0 radical (unpaired) electrons. The van der Waals surface area contributed by atoms with Crippen LogP contribution in [0.25, 0.3) is 0 Å². The van der Waals surface area contributed by atoms with Crippen LogP contribution in [0.5, 0.6) is 0 Å². The van der Waals surface area contributed by atoms with Gasteiger partial charge in [0.2, 0.25) is 5.91 Å². The Balaban J connectivity index is 2.70. The average Bonchev–Trinajstić information content (AvgIpc) is 2.29. The van der Waals surface area contributed by atoms with Gasteiger partial charge in [-0.3, -0.25) is 4.79 Å². The van der Waals surface area contributed by atoms with Crippen LogP contribution in [0.1, 0.15) is 39.2 Å². The molecular formula is C15H23NO2. The Morgan fingerprint density at radius 1 is 1.17 bits per heavy atom. The molecule has 1 rings (SSSR count). The maximum atomic E-state index is 11.9. The number of benzene rings is 1. The van der Waals surface area contributed by atoms with E-state index in [1.807, 2.05) is 38.1 Å². The molecule has 1 amide bonds. The second kappa shape index (κ2) is 6.55. The molecule has 3 nitrogen and oxygen atoms in total. The van der Waals surface area contributed by atoms with E-state index in [4.69, 9.17) is 0 Å². The van der Waals surface area contributed by atoms with E-state index < -0.39 is 0 Å². The number of rotatable bonds is 5. The zero-order valence-corrected chi connectivity index (χ0v) is 11.6. The summed E-state index contributed by atoms with van der Waals surface area (Å²) in [5.74, 6) is 0.139. The number of hydrogen-bond acceptors (Lipinski definition) is 2. The molecule has 0 aliphatic carbocycles. The summed E-state index contributed by atoms with van der Waals surface area (Å²) >= 11 is 0. The molecule has 0 aliphatic rings. The molecule has 3 heteroatoms. The summed E-state index contributed by atoms with van der Waals surface area (Å²) in [5.41, 5.74) is 2.03. The molecule has 0 heterocycles. The average molecular weight is 249 g/mol. The quantitative estimate of drug-likeness (QED) is 0.842. The third-order valence-corrected chi connectivity index (χ3v) is 3.18. The van der Waals surface area contributed by atoms with Gasteiger partial charge in [0.05, 0.1) is 12.5 Å². The standard InChI is InChI=1S/C15H23NO2/c1-10(2)12-5-7-13(8-6-12)16-15(18)14(9-17)11(3)4/h5-8,10-11,14,17H,9H2,1-4H3,(H,16,18). The highest BCUT2D eigenvalue weighted by molar-refractivity contribution is 5.92. The molecule has 1 unspecified atom stereocenters. The van der Waals surface area contributed by atoms with Crippen molar-refractivity contribution in [1.29, 1.82) is 0 Å². The second-order valence-corrected chi connectivity index (χ2v) is 5.30. The Morgan fingerprint density at radius 2 is 1.72 bits per heavy atom. The first kappa shape index (κ1) is 14.7. The molecule has 1 aromatic rings. The molecule has 0 bridgehead atoms. The maximum absolute atomic E-state index is 11.9. The molecule has 0 aliphatic heterocycles. The van der Waals surface area contributed by atoms with Gasteiger partial charge in [-0.05, 0) is 29.5 Å². The van der Waals surface area contributed by atoms with Gasteiger partial charge < -0.3 is 10.4 Å². The summed E-state index contributed by atoms with van der Waals surface area (Å²) in [5, 5.41) is 12.0. The van der Waals surface area contributed by atoms with E-state index in [-0.39, 0.29) is 24.3 Å². The van der Waals surface area contributed by atoms with E-state index in [0.29, 0.717) is 5.92 Å². The number of carbonyl (C=O) groups excluding carboxylic acids is 1. The third-order valence-electron chi connectivity index (χ3n) is 3.18. The summed E-state index contributed by atoms with van der Waals surface area (Å²) in [6, 6.07) is 7.84. The lowest BCUT2D eigenvalue weighted by atomic mass is 9.96. The zero-order valence-electron chi connectivity index (χ0n) is 11.6. The first-order valence-electron chi connectivity index (χ1n) is 6.47. The fourth-order valence-corrected chi connectivity index (χ4v) is 1.78. The van der Waals surface area contributed by atoms with E-state index in [1.165, 1.54) is 5.56 Å². The van der Waals surface area contributed by atoms with Gasteiger partial charge in [-0.25, -0.2) is 0 Å². The molecule has 2 N–H and O–H groups in total. The van der Waals surface area contributed by atoms with E-state index in [1.54, 1.807) is 0 Å². The Bertz CT molecular complexity index is 382. The van der Waals surface area contributed by atoms with Crippen LogP contribution in [-0.4, -0.2) is 17.6 Å². The van der Waals surface area contributed by atoms with Crippen molar-refractivity contribution in [3.8, 4) is 0 Å². The van der Waals surface area contributed by atoms with E-state index in [9.17, 15) is 9.90 Å². The predicted octanol–water partition coefficient (Wildman–Crippen LogP) is 3.01. The summed E-state index contributed by atoms with van der Waals surface area (Å²) < 4.78 is 0. The number of aliphatic hydroxyl groups excluding tert-OH is 1. The zero-order chi connectivity index (χ0) is 13.7. The van der Waals surface area contributed by atoms with Crippen LogP contribution in [0.4, 0.5) is 5.69 Å². The van der Waals surface area contributed by atoms with Crippen molar-refractivity contribution in [3.05, 3.63) is 29.8 Å². The van der Waals surface area contributed by atoms with E-state index in [0.717, 1.165) is 5.69 Å². The molecule has 18 heavy (non-hydrogen) atoms. The number of hydrogen-bond donors (Lipinski definition) is 2. The van der Waals surface area contributed by atoms with Crippen LogP contribution in [-0.2, 0) is 4.79 Å². The largest absolute Gasteiger partial charge is 0.396 e. The first-order chi connectivity index (χ1) is 8.45. The fraction of sp³-hybridized carbons (Fsp3) is 0.533. The minimum atomic E-state index is -0.352. The monoisotopic (exact) mass is 249 g/mol. The lowest BCUT2D eigenvalue weighted by molar-refractivity contribution is -0.122. The van der Waals surface area contributed by atoms with Gasteiger partial charge in [0, 0.05) is 5.69 Å². The van der Waals surface area contributed by atoms with Crippen molar-refractivity contribution < 1.29 is 9.90 Å². The highest BCUT2D eigenvalue weighted by Crippen LogP contribution is 2.18. The van der Waals surface area contributed by atoms with Gasteiger partial charge in [-0.1, -0.05) is 39.8 Å². The number of anilines is 1. The Morgan fingerprint density at radius 3 is 2.11 bits per heavy atom. The van der Waals surface area contributed by atoms with Crippen molar-refractivity contribution in [2.75, 3.05) is 11.9 Å². The SMILES string of the molecule is CC(C)c1ccc(NC(=O)C(CO)C(C)C)cc1. The topological polar surface area (TPSA) is 49.3 Å². The number of nitrogens with one attached hydrogen (secondary N) is 1. The van der Waals surface area contributed by atoms with Crippen LogP contribution in [0, 0.1) is 11.8 Å².